The van der Waals surface area contributed by atoms with Crippen molar-refractivity contribution in [3.8, 4) is 0 Å². The highest BCUT2D eigenvalue weighted by molar-refractivity contribution is 7.99. The molecule has 0 radical (unpaired) electrons. The fourth-order valence-corrected chi connectivity index (χ4v) is 3.34. The summed E-state index contributed by atoms with van der Waals surface area (Å²) in [5.41, 5.74) is 0.618. The van der Waals surface area contributed by atoms with Crippen LogP contribution in [0.1, 0.15) is 31.1 Å². The Hall–Kier alpha value is -3.53. The van der Waals surface area contributed by atoms with Gasteiger partial charge in [-0.2, -0.15) is 8.78 Å². The van der Waals surface area contributed by atoms with Crippen LogP contribution in [0.4, 0.5) is 14.5 Å². The van der Waals surface area contributed by atoms with E-state index in [1.807, 2.05) is 0 Å². The van der Waals surface area contributed by atoms with Gasteiger partial charge in [-0.1, -0.05) is 17.8 Å². The molecule has 1 N–H and O–H groups in total. The highest BCUT2D eigenvalue weighted by Crippen LogP contribution is 2.26. The van der Waals surface area contributed by atoms with Crippen molar-refractivity contribution in [1.82, 2.24) is 4.90 Å². The van der Waals surface area contributed by atoms with Crippen LogP contribution in [0.25, 0.3) is 0 Å². The van der Waals surface area contributed by atoms with Crippen molar-refractivity contribution in [2.24, 2.45) is 0 Å². The molecule has 10 heteroatoms. The second-order valence-electron chi connectivity index (χ2n) is 6.30. The maximum atomic E-state index is 12.3. The van der Waals surface area contributed by atoms with E-state index in [2.05, 4.69) is 11.9 Å². The van der Waals surface area contributed by atoms with Crippen LogP contribution < -0.4 is 5.32 Å². The van der Waals surface area contributed by atoms with Crippen molar-refractivity contribution in [2.75, 3.05) is 18.5 Å². The number of carbonyl (C=O) groups excluding carboxylic acids is 4. The van der Waals surface area contributed by atoms with Crippen molar-refractivity contribution in [3.05, 3.63) is 71.8 Å². The van der Waals surface area contributed by atoms with Gasteiger partial charge in [0.25, 0.3) is 23.5 Å². The summed E-state index contributed by atoms with van der Waals surface area (Å²) in [5, 5.41) is 2.48. The normalized spacial score (nSPS) is 12.7. The summed E-state index contributed by atoms with van der Waals surface area (Å²) in [6, 6.07) is 9.69. The molecule has 3 rings (SSSR count). The Labute approximate surface area is 180 Å². The molecule has 0 unspecified atom stereocenters. The van der Waals surface area contributed by atoms with E-state index in [9.17, 15) is 28.0 Å². The summed E-state index contributed by atoms with van der Waals surface area (Å²) in [6.07, 6.45) is 1.42. The zero-order valence-corrected chi connectivity index (χ0v) is 16.8. The first-order chi connectivity index (χ1) is 14.8. The molecule has 0 aromatic heterocycles. The minimum Gasteiger partial charge on any atom is -0.452 e. The van der Waals surface area contributed by atoms with E-state index in [-0.39, 0.29) is 23.2 Å². The third kappa shape index (κ3) is 5.15. The van der Waals surface area contributed by atoms with E-state index in [0.717, 1.165) is 4.90 Å². The average Bonchev–Trinajstić information content (AvgIpc) is 2.98. The summed E-state index contributed by atoms with van der Waals surface area (Å²) in [6.45, 7) is 2.95. The molecule has 2 aromatic carbocycles. The number of carbonyl (C=O) groups is 4. The van der Waals surface area contributed by atoms with Gasteiger partial charge in [-0.15, -0.1) is 6.58 Å². The Balaban J connectivity index is 1.58. The van der Waals surface area contributed by atoms with Gasteiger partial charge >= 0.3 is 5.97 Å². The van der Waals surface area contributed by atoms with Crippen LogP contribution in [-0.4, -0.2) is 47.5 Å². The Morgan fingerprint density at radius 1 is 1.10 bits per heavy atom. The summed E-state index contributed by atoms with van der Waals surface area (Å²) >= 11 is 0.381. The van der Waals surface area contributed by atoms with Gasteiger partial charge in [-0.3, -0.25) is 19.3 Å². The van der Waals surface area contributed by atoms with Gasteiger partial charge in [0.15, 0.2) is 6.61 Å². The number of nitrogens with zero attached hydrogens (tertiary/aromatic N) is 1. The third-order valence-corrected chi connectivity index (χ3v) is 4.94. The number of benzene rings is 2. The summed E-state index contributed by atoms with van der Waals surface area (Å²) in [7, 11) is 0. The lowest BCUT2D eigenvalue weighted by molar-refractivity contribution is -0.119. The number of ether oxygens (including phenoxy) is 1. The molecule has 0 spiro atoms. The minimum atomic E-state index is -2.54. The number of halogens is 2. The number of amides is 3. The lowest BCUT2D eigenvalue weighted by Crippen LogP contribution is -2.29. The number of anilines is 1. The van der Waals surface area contributed by atoms with Gasteiger partial charge in [0.2, 0.25) is 0 Å². The van der Waals surface area contributed by atoms with Crippen molar-refractivity contribution < 1.29 is 32.7 Å². The highest BCUT2D eigenvalue weighted by Gasteiger charge is 2.35. The number of nitrogens with one attached hydrogen (secondary N) is 1. The van der Waals surface area contributed by atoms with Crippen molar-refractivity contribution >= 4 is 41.1 Å². The summed E-state index contributed by atoms with van der Waals surface area (Å²) < 4.78 is 29.6. The maximum absolute atomic E-state index is 12.3. The van der Waals surface area contributed by atoms with Crippen molar-refractivity contribution in [2.45, 2.75) is 10.7 Å². The Bertz CT molecular complexity index is 1060. The van der Waals surface area contributed by atoms with Gasteiger partial charge in [0.05, 0.1) is 16.7 Å². The number of fused-ring (bicyclic) bond motifs is 1. The van der Waals surface area contributed by atoms with E-state index in [1.54, 1.807) is 0 Å². The van der Waals surface area contributed by atoms with Crippen LogP contribution in [-0.2, 0) is 9.53 Å². The number of rotatable bonds is 8. The van der Waals surface area contributed by atoms with E-state index < -0.39 is 36.1 Å². The first-order valence-corrected chi connectivity index (χ1v) is 9.81. The molecule has 31 heavy (non-hydrogen) atoms. The average molecular weight is 446 g/mol. The van der Waals surface area contributed by atoms with E-state index in [0.29, 0.717) is 22.3 Å². The molecule has 3 amide bonds. The van der Waals surface area contributed by atoms with Gasteiger partial charge < -0.3 is 10.1 Å². The maximum Gasteiger partial charge on any atom is 0.338 e. The van der Waals surface area contributed by atoms with E-state index in [4.69, 9.17) is 4.74 Å². The third-order valence-electron chi connectivity index (χ3n) is 4.22. The summed E-state index contributed by atoms with van der Waals surface area (Å²) in [4.78, 5) is 50.1. The molecule has 2 aromatic rings. The van der Waals surface area contributed by atoms with Gasteiger partial charge in [0.1, 0.15) is 0 Å². The number of alkyl halides is 2. The molecule has 1 aliphatic heterocycles. The number of hydrogen-bond donors (Lipinski definition) is 1. The number of imide groups is 1. The van der Waals surface area contributed by atoms with Gasteiger partial charge in [-0.25, -0.2) is 4.79 Å². The molecule has 160 valence electrons. The predicted octanol–water partition coefficient (Wildman–Crippen LogP) is 3.58. The second-order valence-corrected chi connectivity index (χ2v) is 7.36. The van der Waals surface area contributed by atoms with Crippen LogP contribution in [0.15, 0.2) is 60.0 Å². The van der Waals surface area contributed by atoms with Crippen LogP contribution in [0, 0.1) is 0 Å². The molecule has 0 saturated carbocycles. The van der Waals surface area contributed by atoms with Crippen molar-refractivity contribution in [1.29, 1.82) is 0 Å². The summed E-state index contributed by atoms with van der Waals surface area (Å²) in [5.74, 6) is -5.04. The lowest BCUT2D eigenvalue weighted by atomic mass is 10.1. The number of thioether (sulfide) groups is 1. The molecule has 0 saturated heterocycles. The van der Waals surface area contributed by atoms with Crippen molar-refractivity contribution in [3.63, 3.8) is 0 Å². The zero-order chi connectivity index (χ0) is 22.5. The molecular weight excluding hydrogens is 430 g/mol. The number of hydrogen-bond acceptors (Lipinski definition) is 6. The van der Waals surface area contributed by atoms with Crippen LogP contribution in [0.3, 0.4) is 0 Å². The smallest absolute Gasteiger partial charge is 0.338 e. The molecule has 0 aliphatic carbocycles. The Kier molecular flexibility index (Phi) is 6.81. The molecular formula is C21H16F2N2O5S. The van der Waals surface area contributed by atoms with Crippen LogP contribution in [0.5, 0.6) is 0 Å². The lowest BCUT2D eigenvalue weighted by Gasteiger charge is -2.09. The van der Waals surface area contributed by atoms with Gasteiger partial charge in [0, 0.05) is 17.1 Å². The van der Waals surface area contributed by atoms with E-state index >= 15 is 0 Å². The predicted molar refractivity (Wildman–Crippen MR) is 109 cm³/mol. The second kappa shape index (κ2) is 9.52. The molecule has 7 nitrogen and oxygen atoms in total. The van der Waals surface area contributed by atoms with Gasteiger partial charge in [-0.05, 0) is 42.5 Å². The topological polar surface area (TPSA) is 92.8 Å². The Morgan fingerprint density at radius 3 is 2.42 bits per heavy atom. The quantitative estimate of drug-likeness (QED) is 0.288. The van der Waals surface area contributed by atoms with E-state index in [1.165, 1.54) is 48.5 Å². The standard InChI is InChI=1S/C21H16F2N2O5S/c1-2-9-25-18(27)15-8-3-12(10-16(15)19(25)28)20(29)30-11-17(26)24-13-4-6-14(7-5-13)31-21(22)23/h2-8,10,21H,1,9,11H2,(H,24,26). The molecule has 1 aliphatic rings. The first kappa shape index (κ1) is 22.2. The SMILES string of the molecule is C=CCN1C(=O)c2ccc(C(=O)OCC(=O)Nc3ccc(SC(F)F)cc3)cc2C1=O. The molecule has 0 atom stereocenters. The minimum absolute atomic E-state index is 0.0153. The zero-order valence-electron chi connectivity index (χ0n) is 16.0. The fraction of sp³-hybridized carbons (Fsp3) is 0.143. The fourth-order valence-electron chi connectivity index (χ4n) is 2.84. The monoisotopic (exact) mass is 446 g/mol. The van der Waals surface area contributed by atoms with Crippen LogP contribution >= 0.6 is 11.8 Å². The van der Waals surface area contributed by atoms with Crippen LogP contribution in [0.2, 0.25) is 0 Å². The first-order valence-electron chi connectivity index (χ1n) is 8.93. The molecule has 0 fully saturated rings. The molecule has 0 bridgehead atoms. The number of esters is 1. The molecule has 1 heterocycles. The largest absolute Gasteiger partial charge is 0.452 e. The highest BCUT2D eigenvalue weighted by atomic mass is 32.2. The Morgan fingerprint density at radius 2 is 1.77 bits per heavy atom.